The highest BCUT2D eigenvalue weighted by Gasteiger charge is 2.47. The highest BCUT2D eigenvalue weighted by molar-refractivity contribution is 5.85. The van der Waals surface area contributed by atoms with Crippen LogP contribution in [0.1, 0.15) is 17.4 Å². The molecule has 186 valence electrons. The van der Waals surface area contributed by atoms with Crippen LogP contribution in [0.25, 0.3) is 22.6 Å². The van der Waals surface area contributed by atoms with E-state index in [9.17, 15) is 19.4 Å². The molecule has 4 heterocycles. The monoisotopic (exact) mass is 493 g/mol. The molecule has 1 fully saturated rings. The van der Waals surface area contributed by atoms with Crippen LogP contribution < -0.4 is 10.6 Å². The van der Waals surface area contributed by atoms with Crippen LogP contribution in [0.3, 0.4) is 0 Å². The number of nitrogens with one attached hydrogen (secondary N) is 2. The third kappa shape index (κ3) is 4.26. The fraction of sp³-hybridized carbons (Fsp3) is 0.292. The summed E-state index contributed by atoms with van der Waals surface area (Å²) in [6, 6.07) is 8.36. The number of nitrogens with zero attached hydrogens (tertiary/aromatic N) is 5. The van der Waals surface area contributed by atoms with Crippen LogP contribution in [0.2, 0.25) is 0 Å². The summed E-state index contributed by atoms with van der Waals surface area (Å²) in [6.45, 7) is 2.01. The number of aromatic nitrogens is 5. The SMILES string of the molecule is CNC(=O)[C@H]1O[C@@H](n2cnc3c(NCc4cc(C)ccc4F)nc(-c4cccnc4)nc32)[C@H](O)[C@@H]1O. The van der Waals surface area contributed by atoms with E-state index in [4.69, 9.17) is 4.74 Å². The first kappa shape index (κ1) is 23.7. The lowest BCUT2D eigenvalue weighted by Gasteiger charge is -2.17. The number of amides is 1. The van der Waals surface area contributed by atoms with Gasteiger partial charge in [0.1, 0.15) is 18.0 Å². The smallest absolute Gasteiger partial charge is 0.251 e. The van der Waals surface area contributed by atoms with E-state index >= 15 is 0 Å². The zero-order chi connectivity index (χ0) is 25.4. The summed E-state index contributed by atoms with van der Waals surface area (Å²) in [6.07, 6.45) is -0.668. The second kappa shape index (κ2) is 9.57. The molecule has 1 amide bonds. The number of carbonyl (C=O) groups is 1. The van der Waals surface area contributed by atoms with Crippen molar-refractivity contribution >= 4 is 22.9 Å². The third-order valence-electron chi connectivity index (χ3n) is 6.01. The maximum atomic E-state index is 14.3. The lowest BCUT2D eigenvalue weighted by Crippen LogP contribution is -2.41. The molecule has 5 rings (SSSR count). The van der Waals surface area contributed by atoms with Gasteiger partial charge in [-0.2, -0.15) is 0 Å². The number of rotatable bonds is 6. The molecule has 0 spiro atoms. The average molecular weight is 493 g/mol. The molecule has 1 aliphatic heterocycles. The number of aliphatic hydroxyl groups is 2. The van der Waals surface area contributed by atoms with Gasteiger partial charge in [0.05, 0.1) is 6.33 Å². The number of anilines is 1. The van der Waals surface area contributed by atoms with E-state index in [-0.39, 0.29) is 18.0 Å². The Bertz CT molecular complexity index is 1410. The highest BCUT2D eigenvalue weighted by atomic mass is 19.1. The lowest BCUT2D eigenvalue weighted by atomic mass is 10.1. The van der Waals surface area contributed by atoms with Gasteiger partial charge >= 0.3 is 0 Å². The topological polar surface area (TPSA) is 147 Å². The second-order valence-electron chi connectivity index (χ2n) is 8.45. The number of fused-ring (bicyclic) bond motifs is 1. The average Bonchev–Trinajstić information content (AvgIpc) is 3.45. The fourth-order valence-electron chi connectivity index (χ4n) is 4.12. The summed E-state index contributed by atoms with van der Waals surface area (Å²) >= 11 is 0. The number of hydrogen-bond acceptors (Lipinski definition) is 9. The minimum Gasteiger partial charge on any atom is -0.387 e. The van der Waals surface area contributed by atoms with E-state index in [1.165, 1.54) is 24.0 Å². The number of aryl methyl sites for hydroxylation is 1. The first-order valence-corrected chi connectivity index (χ1v) is 11.2. The summed E-state index contributed by atoms with van der Waals surface area (Å²) in [5, 5.41) is 26.6. The molecule has 4 atom stereocenters. The van der Waals surface area contributed by atoms with Gasteiger partial charge in [0.15, 0.2) is 35.1 Å². The Morgan fingerprint density at radius 2 is 2.06 bits per heavy atom. The molecule has 0 radical (unpaired) electrons. The Morgan fingerprint density at radius 3 is 2.81 bits per heavy atom. The molecule has 1 aromatic carbocycles. The second-order valence-corrected chi connectivity index (χ2v) is 8.45. The first-order chi connectivity index (χ1) is 17.4. The number of ether oxygens (including phenoxy) is 1. The van der Waals surface area contributed by atoms with E-state index < -0.39 is 30.4 Å². The lowest BCUT2D eigenvalue weighted by molar-refractivity contribution is -0.137. The number of carbonyl (C=O) groups excluding carboxylic acids is 1. The Balaban J connectivity index is 1.57. The number of hydrogen-bond donors (Lipinski definition) is 4. The molecule has 4 aromatic rings. The van der Waals surface area contributed by atoms with Crippen molar-refractivity contribution < 1.29 is 24.1 Å². The first-order valence-electron chi connectivity index (χ1n) is 11.2. The predicted octanol–water partition coefficient (Wildman–Crippen LogP) is 1.31. The van der Waals surface area contributed by atoms with Gasteiger partial charge in [0.25, 0.3) is 5.91 Å². The van der Waals surface area contributed by atoms with Gasteiger partial charge in [-0.15, -0.1) is 0 Å². The molecule has 1 aliphatic rings. The zero-order valence-electron chi connectivity index (χ0n) is 19.5. The minimum atomic E-state index is -1.45. The Morgan fingerprint density at radius 1 is 1.22 bits per heavy atom. The summed E-state index contributed by atoms with van der Waals surface area (Å²) in [7, 11) is 1.41. The molecule has 0 aliphatic carbocycles. The molecule has 1 saturated heterocycles. The van der Waals surface area contributed by atoms with Crippen LogP contribution >= 0.6 is 0 Å². The van der Waals surface area contributed by atoms with Gasteiger partial charge in [-0.3, -0.25) is 14.3 Å². The maximum absolute atomic E-state index is 14.3. The molecular formula is C24H24FN7O4. The number of pyridine rings is 1. The highest BCUT2D eigenvalue weighted by Crippen LogP contribution is 2.33. The summed E-state index contributed by atoms with van der Waals surface area (Å²) in [5.74, 6) is -0.287. The van der Waals surface area contributed by atoms with Gasteiger partial charge < -0.3 is 25.6 Å². The Labute approximate surface area is 205 Å². The molecule has 4 N–H and O–H groups in total. The number of likely N-dealkylation sites (N-methyl/N-ethyl adjacent to an activating group) is 1. The van der Waals surface area contributed by atoms with E-state index in [1.807, 2.05) is 6.92 Å². The van der Waals surface area contributed by atoms with Crippen LogP contribution in [0.5, 0.6) is 0 Å². The number of halogens is 1. The fourth-order valence-corrected chi connectivity index (χ4v) is 4.12. The van der Waals surface area contributed by atoms with E-state index in [0.717, 1.165) is 5.56 Å². The van der Waals surface area contributed by atoms with Gasteiger partial charge in [-0.1, -0.05) is 17.7 Å². The van der Waals surface area contributed by atoms with Gasteiger partial charge in [0.2, 0.25) is 0 Å². The summed E-state index contributed by atoms with van der Waals surface area (Å²) in [4.78, 5) is 29.8. The van der Waals surface area contributed by atoms with Crippen molar-refractivity contribution in [2.24, 2.45) is 0 Å². The van der Waals surface area contributed by atoms with Gasteiger partial charge in [-0.25, -0.2) is 19.3 Å². The molecular weight excluding hydrogens is 469 g/mol. The molecule has 12 heteroatoms. The predicted molar refractivity (Wildman–Crippen MR) is 127 cm³/mol. The van der Waals surface area contributed by atoms with Crippen molar-refractivity contribution in [3.8, 4) is 11.4 Å². The normalized spacial score (nSPS) is 21.6. The molecule has 11 nitrogen and oxygen atoms in total. The van der Waals surface area contributed by atoms with Crippen molar-refractivity contribution in [2.75, 3.05) is 12.4 Å². The minimum absolute atomic E-state index is 0.138. The molecule has 0 bridgehead atoms. The molecule has 36 heavy (non-hydrogen) atoms. The molecule has 0 unspecified atom stereocenters. The van der Waals surface area contributed by atoms with E-state index in [2.05, 4.69) is 30.6 Å². The van der Waals surface area contributed by atoms with Crippen LogP contribution in [0.4, 0.5) is 10.2 Å². The van der Waals surface area contributed by atoms with Crippen molar-refractivity contribution in [3.05, 3.63) is 66.0 Å². The Kier molecular flexibility index (Phi) is 6.31. The van der Waals surface area contributed by atoms with Crippen molar-refractivity contribution in [1.82, 2.24) is 29.8 Å². The summed E-state index contributed by atoms with van der Waals surface area (Å²) < 4.78 is 21.5. The number of imidazole rings is 1. The van der Waals surface area contributed by atoms with Crippen LogP contribution in [-0.2, 0) is 16.1 Å². The zero-order valence-corrected chi connectivity index (χ0v) is 19.5. The number of aliphatic hydroxyl groups excluding tert-OH is 2. The Hall–Kier alpha value is -4.00. The van der Waals surface area contributed by atoms with E-state index in [1.54, 1.807) is 36.7 Å². The van der Waals surface area contributed by atoms with Gasteiger partial charge in [-0.05, 0) is 25.1 Å². The van der Waals surface area contributed by atoms with Crippen molar-refractivity contribution in [3.63, 3.8) is 0 Å². The van der Waals surface area contributed by atoms with Crippen LogP contribution in [-0.4, -0.2) is 66.0 Å². The van der Waals surface area contributed by atoms with Crippen molar-refractivity contribution in [2.45, 2.75) is 38.0 Å². The van der Waals surface area contributed by atoms with Crippen LogP contribution in [0.15, 0.2) is 49.1 Å². The van der Waals surface area contributed by atoms with Crippen molar-refractivity contribution in [1.29, 1.82) is 0 Å². The largest absolute Gasteiger partial charge is 0.387 e. The summed E-state index contributed by atoms with van der Waals surface area (Å²) in [5.41, 5.74) is 2.61. The quantitative estimate of drug-likeness (QED) is 0.312. The number of benzene rings is 1. The standard InChI is InChI=1S/C24H24FN7O4/c1-12-5-6-15(25)14(8-12)10-28-21-16-22(31-20(30-21)13-4-3-7-27-9-13)32(11-29-16)24-18(34)17(33)19(36-24)23(35)26-2/h3-9,11,17-19,24,33-34H,10H2,1-2H3,(H,26,35)(H,28,30,31)/t17-,18+,19-,24+/m0/s1. The van der Waals surface area contributed by atoms with Gasteiger partial charge in [0, 0.05) is 37.1 Å². The molecule has 0 saturated carbocycles. The third-order valence-corrected chi connectivity index (χ3v) is 6.01. The van der Waals surface area contributed by atoms with E-state index in [0.29, 0.717) is 28.3 Å². The van der Waals surface area contributed by atoms with Crippen LogP contribution in [0, 0.1) is 12.7 Å². The molecule has 3 aromatic heterocycles. The maximum Gasteiger partial charge on any atom is 0.251 e.